The van der Waals surface area contributed by atoms with Crippen molar-refractivity contribution in [3.63, 3.8) is 0 Å². The highest BCUT2D eigenvalue weighted by molar-refractivity contribution is 9.10. The molecule has 0 bridgehead atoms. The van der Waals surface area contributed by atoms with E-state index < -0.39 is 0 Å². The van der Waals surface area contributed by atoms with E-state index in [4.69, 9.17) is 9.15 Å². The van der Waals surface area contributed by atoms with Gasteiger partial charge in [-0.1, -0.05) is 22.0 Å². The zero-order valence-corrected chi connectivity index (χ0v) is 13.1. The van der Waals surface area contributed by atoms with Gasteiger partial charge in [0.1, 0.15) is 11.5 Å². The number of furan rings is 1. The van der Waals surface area contributed by atoms with Crippen LogP contribution >= 0.6 is 15.9 Å². The van der Waals surface area contributed by atoms with E-state index in [1.54, 1.807) is 13.4 Å². The van der Waals surface area contributed by atoms with Gasteiger partial charge in [0, 0.05) is 10.5 Å². The van der Waals surface area contributed by atoms with E-state index in [1.165, 1.54) is 0 Å². The quantitative estimate of drug-likeness (QED) is 0.846. The van der Waals surface area contributed by atoms with Crippen molar-refractivity contribution >= 4 is 15.9 Å². The lowest BCUT2D eigenvalue weighted by atomic mass is 10.1. The van der Waals surface area contributed by atoms with Crippen LogP contribution in [0.4, 0.5) is 0 Å². The molecule has 0 saturated heterocycles. The normalized spacial score (nSPS) is 14.0. The monoisotopic (exact) mass is 339 g/mol. The summed E-state index contributed by atoms with van der Waals surface area (Å²) in [7, 11) is 1.64. The van der Waals surface area contributed by atoms with Crippen molar-refractivity contribution in [2.75, 3.05) is 13.7 Å². The lowest BCUT2D eigenvalue weighted by Crippen LogP contribution is -2.27. The van der Waals surface area contributed by atoms with Crippen molar-refractivity contribution in [3.05, 3.63) is 52.4 Å². The van der Waals surface area contributed by atoms with Gasteiger partial charge in [0.15, 0.2) is 0 Å². The second-order valence-corrected chi connectivity index (χ2v) is 5.38. The van der Waals surface area contributed by atoms with E-state index in [2.05, 4.69) is 21.2 Å². The third-order valence-corrected chi connectivity index (χ3v) is 3.88. The van der Waals surface area contributed by atoms with E-state index in [0.717, 1.165) is 21.5 Å². The number of benzene rings is 1. The second-order valence-electron chi connectivity index (χ2n) is 4.53. The molecule has 0 unspecified atom stereocenters. The van der Waals surface area contributed by atoms with Crippen LogP contribution in [0, 0.1) is 0 Å². The number of nitrogens with one attached hydrogen (secondary N) is 1. The number of rotatable bonds is 6. The highest BCUT2D eigenvalue weighted by Gasteiger charge is 2.18. The lowest BCUT2D eigenvalue weighted by Gasteiger charge is -2.21. The van der Waals surface area contributed by atoms with E-state index in [1.807, 2.05) is 37.3 Å². The standard InChI is InChI=1S/C15H18BrNO3/c1-10(12-6-5-11(19-2)8-13(12)16)17-14(9-18)15-4-3-7-20-15/h3-8,10,14,17-18H,9H2,1-2H3/t10-,14+/m1/s1. The molecule has 2 atom stereocenters. The maximum Gasteiger partial charge on any atom is 0.123 e. The van der Waals surface area contributed by atoms with E-state index in [9.17, 15) is 5.11 Å². The fourth-order valence-corrected chi connectivity index (χ4v) is 2.79. The number of halogens is 1. The second kappa shape index (κ2) is 6.92. The molecule has 20 heavy (non-hydrogen) atoms. The summed E-state index contributed by atoms with van der Waals surface area (Å²) in [6.07, 6.45) is 1.60. The topological polar surface area (TPSA) is 54.6 Å². The number of methoxy groups -OCH3 is 1. The van der Waals surface area contributed by atoms with Crippen LogP contribution in [0.3, 0.4) is 0 Å². The zero-order valence-electron chi connectivity index (χ0n) is 11.5. The number of hydrogen-bond donors (Lipinski definition) is 2. The Morgan fingerprint density at radius 3 is 2.75 bits per heavy atom. The highest BCUT2D eigenvalue weighted by atomic mass is 79.9. The third-order valence-electron chi connectivity index (χ3n) is 3.19. The van der Waals surface area contributed by atoms with E-state index in [0.29, 0.717) is 0 Å². The largest absolute Gasteiger partial charge is 0.497 e. The number of hydrogen-bond acceptors (Lipinski definition) is 4. The molecule has 0 radical (unpaired) electrons. The summed E-state index contributed by atoms with van der Waals surface area (Å²) < 4.78 is 11.5. The molecule has 1 aromatic carbocycles. The van der Waals surface area contributed by atoms with Gasteiger partial charge in [-0.2, -0.15) is 0 Å². The predicted molar refractivity (Wildman–Crippen MR) is 80.8 cm³/mol. The molecule has 0 aliphatic rings. The smallest absolute Gasteiger partial charge is 0.123 e. The Hall–Kier alpha value is -1.30. The lowest BCUT2D eigenvalue weighted by molar-refractivity contribution is 0.217. The molecule has 0 spiro atoms. The fourth-order valence-electron chi connectivity index (χ4n) is 2.09. The van der Waals surface area contributed by atoms with Crippen LogP contribution < -0.4 is 10.1 Å². The van der Waals surface area contributed by atoms with Crippen LogP contribution in [0.15, 0.2) is 45.5 Å². The maximum atomic E-state index is 9.49. The van der Waals surface area contributed by atoms with Crippen LogP contribution in [0.2, 0.25) is 0 Å². The molecule has 4 nitrogen and oxygen atoms in total. The molecule has 108 valence electrons. The first-order valence-electron chi connectivity index (χ1n) is 6.39. The molecule has 0 amide bonds. The Morgan fingerprint density at radius 1 is 1.40 bits per heavy atom. The Bertz CT molecular complexity index is 542. The summed E-state index contributed by atoms with van der Waals surface area (Å²) in [5, 5.41) is 12.8. The SMILES string of the molecule is COc1ccc([C@@H](C)N[C@@H](CO)c2ccco2)c(Br)c1. The van der Waals surface area contributed by atoms with Crippen molar-refractivity contribution in [3.8, 4) is 5.75 Å². The predicted octanol–water partition coefficient (Wildman–Crippen LogP) is 3.43. The van der Waals surface area contributed by atoms with Gasteiger partial charge in [-0.05, 0) is 36.8 Å². The van der Waals surface area contributed by atoms with Gasteiger partial charge in [0.05, 0.1) is 26.0 Å². The molecule has 2 N–H and O–H groups in total. The Morgan fingerprint density at radius 2 is 2.20 bits per heavy atom. The molecule has 1 heterocycles. The average Bonchev–Trinajstić information content (AvgIpc) is 2.98. The van der Waals surface area contributed by atoms with Crippen LogP contribution in [-0.4, -0.2) is 18.8 Å². The van der Waals surface area contributed by atoms with Gasteiger partial charge < -0.3 is 14.3 Å². The Balaban J connectivity index is 2.13. The third kappa shape index (κ3) is 3.42. The first kappa shape index (κ1) is 15.1. The molecule has 2 rings (SSSR count). The molecule has 0 aliphatic heterocycles. The van der Waals surface area contributed by atoms with Crippen molar-refractivity contribution in [1.29, 1.82) is 0 Å². The zero-order chi connectivity index (χ0) is 14.5. The molecule has 0 saturated carbocycles. The number of aliphatic hydroxyl groups is 1. The van der Waals surface area contributed by atoms with Gasteiger partial charge in [0.25, 0.3) is 0 Å². The summed E-state index contributed by atoms with van der Waals surface area (Å²) in [5.74, 6) is 1.53. The van der Waals surface area contributed by atoms with Gasteiger partial charge >= 0.3 is 0 Å². The van der Waals surface area contributed by atoms with Gasteiger partial charge in [-0.25, -0.2) is 0 Å². The van der Waals surface area contributed by atoms with Gasteiger partial charge in [-0.3, -0.25) is 5.32 Å². The number of aliphatic hydroxyl groups excluding tert-OH is 1. The Labute approximate surface area is 126 Å². The van der Waals surface area contributed by atoms with Crippen molar-refractivity contribution in [2.45, 2.75) is 19.0 Å². The minimum atomic E-state index is -0.228. The number of ether oxygens (including phenoxy) is 1. The molecular weight excluding hydrogens is 322 g/mol. The van der Waals surface area contributed by atoms with Crippen molar-refractivity contribution in [2.24, 2.45) is 0 Å². The summed E-state index contributed by atoms with van der Waals surface area (Å²) in [5.41, 5.74) is 1.09. The molecule has 2 aromatic rings. The first-order chi connectivity index (χ1) is 9.65. The van der Waals surface area contributed by atoms with E-state index >= 15 is 0 Å². The van der Waals surface area contributed by atoms with Crippen molar-refractivity contribution in [1.82, 2.24) is 5.32 Å². The van der Waals surface area contributed by atoms with Gasteiger partial charge in [0.2, 0.25) is 0 Å². The fraction of sp³-hybridized carbons (Fsp3) is 0.333. The minimum Gasteiger partial charge on any atom is -0.497 e. The molecule has 0 aliphatic carbocycles. The van der Waals surface area contributed by atoms with Crippen LogP contribution in [0.25, 0.3) is 0 Å². The minimum absolute atomic E-state index is 0.0222. The van der Waals surface area contributed by atoms with Crippen LogP contribution in [0.5, 0.6) is 5.75 Å². The average molecular weight is 340 g/mol. The summed E-state index contributed by atoms with van der Waals surface area (Å²) in [6.45, 7) is 2.02. The van der Waals surface area contributed by atoms with Crippen molar-refractivity contribution < 1.29 is 14.3 Å². The Kier molecular flexibility index (Phi) is 5.23. The summed E-state index contributed by atoms with van der Waals surface area (Å²) in [6, 6.07) is 9.33. The summed E-state index contributed by atoms with van der Waals surface area (Å²) >= 11 is 3.54. The highest BCUT2D eigenvalue weighted by Crippen LogP contribution is 2.29. The molecule has 5 heteroatoms. The van der Waals surface area contributed by atoms with E-state index in [-0.39, 0.29) is 18.7 Å². The molecule has 1 aromatic heterocycles. The van der Waals surface area contributed by atoms with Crippen LogP contribution in [0.1, 0.15) is 30.3 Å². The molecular formula is C15H18BrNO3. The van der Waals surface area contributed by atoms with Crippen LogP contribution in [-0.2, 0) is 0 Å². The molecule has 0 fully saturated rings. The maximum absolute atomic E-state index is 9.49. The van der Waals surface area contributed by atoms with Gasteiger partial charge in [-0.15, -0.1) is 0 Å². The summed E-state index contributed by atoms with van der Waals surface area (Å²) in [4.78, 5) is 0. The first-order valence-corrected chi connectivity index (χ1v) is 7.18.